The maximum absolute atomic E-state index is 6.18. The quantitative estimate of drug-likeness (QED) is 0.428. The Balaban J connectivity index is 1.31. The molecule has 6 nitrogen and oxygen atoms in total. The van der Waals surface area contributed by atoms with Crippen LogP contribution in [0.2, 0.25) is 5.02 Å². The van der Waals surface area contributed by atoms with Gasteiger partial charge in [0, 0.05) is 49.2 Å². The molecule has 0 unspecified atom stereocenters. The molecule has 2 N–H and O–H groups in total. The van der Waals surface area contributed by atoms with Gasteiger partial charge in [-0.25, -0.2) is 0 Å². The minimum atomic E-state index is 0.0735. The van der Waals surface area contributed by atoms with Gasteiger partial charge in [-0.3, -0.25) is 0 Å². The van der Waals surface area contributed by atoms with Gasteiger partial charge in [-0.1, -0.05) is 43.0 Å². The SMILES string of the molecule is S=C(NCC1(c2ccc(Cl)cc2)CCCCC1)Nc1nc(N2CCCCC2)cc(N2CCCCC2)n1. The summed E-state index contributed by atoms with van der Waals surface area (Å²) >= 11 is 12.0. The molecular formula is C28H39ClN6S. The lowest BCUT2D eigenvalue weighted by atomic mass is 9.69. The monoisotopic (exact) mass is 526 g/mol. The van der Waals surface area contributed by atoms with Crippen molar-refractivity contribution in [2.24, 2.45) is 0 Å². The van der Waals surface area contributed by atoms with Crippen molar-refractivity contribution in [2.75, 3.05) is 47.8 Å². The lowest BCUT2D eigenvalue weighted by Gasteiger charge is -2.38. The van der Waals surface area contributed by atoms with E-state index in [0.29, 0.717) is 11.1 Å². The van der Waals surface area contributed by atoms with Gasteiger partial charge < -0.3 is 20.4 Å². The first-order valence-electron chi connectivity index (χ1n) is 13.8. The number of halogens is 1. The molecule has 194 valence electrons. The van der Waals surface area contributed by atoms with E-state index in [9.17, 15) is 0 Å². The Kier molecular flexibility index (Phi) is 8.47. The van der Waals surface area contributed by atoms with Crippen LogP contribution < -0.4 is 20.4 Å². The maximum Gasteiger partial charge on any atom is 0.232 e. The van der Waals surface area contributed by atoms with Gasteiger partial charge >= 0.3 is 0 Å². The number of rotatable bonds is 6. The molecule has 3 heterocycles. The van der Waals surface area contributed by atoms with Crippen LogP contribution in [0.4, 0.5) is 17.6 Å². The van der Waals surface area contributed by atoms with Crippen LogP contribution in [0, 0.1) is 0 Å². The molecule has 3 aliphatic rings. The van der Waals surface area contributed by atoms with Crippen LogP contribution in [0.15, 0.2) is 30.3 Å². The van der Waals surface area contributed by atoms with Gasteiger partial charge in [0.25, 0.3) is 0 Å². The zero-order chi connectivity index (χ0) is 24.8. The first-order valence-corrected chi connectivity index (χ1v) is 14.6. The van der Waals surface area contributed by atoms with E-state index < -0.39 is 0 Å². The largest absolute Gasteiger partial charge is 0.361 e. The first kappa shape index (κ1) is 25.5. The summed E-state index contributed by atoms with van der Waals surface area (Å²) < 4.78 is 0. The minimum Gasteiger partial charge on any atom is -0.361 e. The highest BCUT2D eigenvalue weighted by Gasteiger charge is 2.34. The standard InChI is InChI=1S/C28H39ClN6S/c29-23-12-10-22(11-13-23)28(14-4-1-5-15-28)21-30-27(36)33-26-31-24(34-16-6-2-7-17-34)20-25(32-26)35-18-8-3-9-19-35/h10-13,20H,1-9,14-19,21H2,(H2,30,31,32,33,36). The number of hydrogen-bond donors (Lipinski definition) is 2. The normalized spacial score (nSPS) is 20.1. The highest BCUT2D eigenvalue weighted by Crippen LogP contribution is 2.39. The third kappa shape index (κ3) is 6.23. The topological polar surface area (TPSA) is 56.3 Å². The van der Waals surface area contributed by atoms with E-state index >= 15 is 0 Å². The molecule has 0 spiro atoms. The second-order valence-corrected chi connectivity index (χ2v) is 11.5. The van der Waals surface area contributed by atoms with E-state index in [-0.39, 0.29) is 5.41 Å². The summed E-state index contributed by atoms with van der Waals surface area (Å²) in [5.74, 6) is 2.63. The molecule has 0 atom stereocenters. The lowest BCUT2D eigenvalue weighted by Crippen LogP contribution is -2.43. The zero-order valence-corrected chi connectivity index (χ0v) is 22.8. The Morgan fingerprint density at radius 2 is 1.33 bits per heavy atom. The number of benzene rings is 1. The smallest absolute Gasteiger partial charge is 0.232 e. The number of nitrogens with one attached hydrogen (secondary N) is 2. The van der Waals surface area contributed by atoms with Gasteiger partial charge in [0.1, 0.15) is 11.6 Å². The second-order valence-electron chi connectivity index (χ2n) is 10.7. The van der Waals surface area contributed by atoms with Crippen LogP contribution in [0.25, 0.3) is 0 Å². The van der Waals surface area contributed by atoms with E-state index in [1.807, 2.05) is 12.1 Å². The van der Waals surface area contributed by atoms with Crippen molar-refractivity contribution in [1.82, 2.24) is 15.3 Å². The Hall–Kier alpha value is -2.12. The molecule has 5 rings (SSSR count). The van der Waals surface area contributed by atoms with Crippen molar-refractivity contribution in [1.29, 1.82) is 0 Å². The maximum atomic E-state index is 6.18. The summed E-state index contributed by atoms with van der Waals surface area (Å²) in [6, 6.07) is 10.6. The van der Waals surface area contributed by atoms with Crippen molar-refractivity contribution in [2.45, 2.75) is 76.0 Å². The molecule has 2 aliphatic heterocycles. The van der Waals surface area contributed by atoms with Crippen LogP contribution in [0.1, 0.15) is 76.2 Å². The fourth-order valence-electron chi connectivity index (χ4n) is 6.04. The summed E-state index contributed by atoms with van der Waals surface area (Å²) in [7, 11) is 0. The van der Waals surface area contributed by atoms with E-state index in [0.717, 1.165) is 62.2 Å². The van der Waals surface area contributed by atoms with Crippen molar-refractivity contribution < 1.29 is 0 Å². The van der Waals surface area contributed by atoms with E-state index in [1.54, 1.807) is 0 Å². The minimum absolute atomic E-state index is 0.0735. The van der Waals surface area contributed by atoms with Crippen LogP contribution in [-0.2, 0) is 5.41 Å². The highest BCUT2D eigenvalue weighted by molar-refractivity contribution is 7.80. The first-order chi connectivity index (χ1) is 17.6. The molecule has 0 radical (unpaired) electrons. The molecule has 2 aromatic rings. The predicted octanol–water partition coefficient (Wildman–Crippen LogP) is 6.30. The van der Waals surface area contributed by atoms with E-state index in [1.165, 1.54) is 63.4 Å². The molecule has 8 heteroatoms. The number of anilines is 3. The summed E-state index contributed by atoms with van der Waals surface area (Å²) in [5, 5.41) is 8.25. The molecule has 36 heavy (non-hydrogen) atoms. The lowest BCUT2D eigenvalue weighted by molar-refractivity contribution is 0.292. The third-order valence-electron chi connectivity index (χ3n) is 8.14. The number of nitrogens with zero attached hydrogens (tertiary/aromatic N) is 4. The van der Waals surface area contributed by atoms with E-state index in [4.69, 9.17) is 33.8 Å². The van der Waals surface area contributed by atoms with Crippen molar-refractivity contribution in [3.8, 4) is 0 Å². The molecule has 0 bridgehead atoms. The number of aromatic nitrogens is 2. The van der Waals surface area contributed by atoms with Crippen molar-refractivity contribution in [3.05, 3.63) is 40.9 Å². The third-order valence-corrected chi connectivity index (χ3v) is 8.64. The van der Waals surface area contributed by atoms with Crippen molar-refractivity contribution >= 4 is 46.5 Å². The molecular weight excluding hydrogens is 488 g/mol. The summed E-state index contributed by atoms with van der Waals surface area (Å²) in [4.78, 5) is 14.6. The fraction of sp³-hybridized carbons (Fsp3) is 0.607. The molecule has 1 aromatic carbocycles. The second kappa shape index (κ2) is 12.0. The Morgan fingerprint density at radius 1 is 0.806 bits per heavy atom. The van der Waals surface area contributed by atoms with E-state index in [2.05, 4.69) is 38.6 Å². The molecule has 1 saturated carbocycles. The molecule has 2 saturated heterocycles. The van der Waals surface area contributed by atoms with Gasteiger partial charge in [-0.15, -0.1) is 0 Å². The van der Waals surface area contributed by atoms with Crippen LogP contribution in [0.5, 0.6) is 0 Å². The van der Waals surface area contributed by atoms with Gasteiger partial charge in [-0.2, -0.15) is 9.97 Å². The molecule has 3 fully saturated rings. The van der Waals surface area contributed by atoms with Gasteiger partial charge in [0.15, 0.2) is 5.11 Å². The zero-order valence-electron chi connectivity index (χ0n) is 21.3. The highest BCUT2D eigenvalue weighted by atomic mass is 35.5. The van der Waals surface area contributed by atoms with Crippen LogP contribution in [-0.4, -0.2) is 47.8 Å². The Bertz CT molecular complexity index is 975. The number of thiocarbonyl (C=S) groups is 1. The summed E-state index contributed by atoms with van der Waals surface area (Å²) in [5.41, 5.74) is 1.42. The molecule has 1 aliphatic carbocycles. The van der Waals surface area contributed by atoms with Gasteiger partial charge in [-0.05, 0) is 81.3 Å². The Morgan fingerprint density at radius 3 is 1.89 bits per heavy atom. The summed E-state index contributed by atoms with van der Waals surface area (Å²) in [6.45, 7) is 5.03. The Labute approximate surface area is 226 Å². The number of hydrogen-bond acceptors (Lipinski definition) is 5. The number of piperidine rings is 2. The average molecular weight is 527 g/mol. The van der Waals surface area contributed by atoms with Gasteiger partial charge in [0.2, 0.25) is 5.95 Å². The van der Waals surface area contributed by atoms with Crippen LogP contribution in [0.3, 0.4) is 0 Å². The van der Waals surface area contributed by atoms with Crippen molar-refractivity contribution in [3.63, 3.8) is 0 Å². The molecule has 0 amide bonds. The predicted molar refractivity (Wildman–Crippen MR) is 155 cm³/mol. The van der Waals surface area contributed by atoms with Gasteiger partial charge in [0.05, 0.1) is 0 Å². The van der Waals surface area contributed by atoms with Crippen LogP contribution >= 0.6 is 23.8 Å². The fourth-order valence-corrected chi connectivity index (χ4v) is 6.33. The molecule has 1 aromatic heterocycles. The average Bonchev–Trinajstić information content (AvgIpc) is 2.93. The summed E-state index contributed by atoms with van der Waals surface area (Å²) in [6.07, 6.45) is 13.6.